The van der Waals surface area contributed by atoms with Crippen LogP contribution in [-0.4, -0.2) is 55.9 Å². The van der Waals surface area contributed by atoms with Crippen molar-refractivity contribution in [1.29, 1.82) is 0 Å². The number of allylic oxidation sites excluding steroid dienone is 9. The number of rotatable bonds is 10. The van der Waals surface area contributed by atoms with Crippen LogP contribution < -0.4 is 15.5 Å². The van der Waals surface area contributed by atoms with Crippen molar-refractivity contribution in [3.63, 3.8) is 0 Å². The second-order valence-electron chi connectivity index (χ2n) is 11.3. The number of hydrogen-bond acceptors (Lipinski definition) is 5. The van der Waals surface area contributed by atoms with Crippen LogP contribution in [0.5, 0.6) is 0 Å². The molecule has 1 atom stereocenters. The number of nitrogens with one attached hydrogen (secondary N) is 2. The van der Waals surface area contributed by atoms with Crippen LogP contribution >= 0.6 is 0 Å². The van der Waals surface area contributed by atoms with Gasteiger partial charge >= 0.3 is 0 Å². The molecule has 1 unspecified atom stereocenters. The summed E-state index contributed by atoms with van der Waals surface area (Å²) < 4.78 is 5.39. The van der Waals surface area contributed by atoms with Crippen LogP contribution in [-0.2, 0) is 14.3 Å². The van der Waals surface area contributed by atoms with Crippen molar-refractivity contribution in [3.05, 3.63) is 83.0 Å². The van der Waals surface area contributed by atoms with Gasteiger partial charge in [-0.2, -0.15) is 0 Å². The Morgan fingerprint density at radius 3 is 2.45 bits per heavy atom. The molecule has 0 spiro atoms. The zero-order valence-electron chi connectivity index (χ0n) is 24.6. The summed E-state index contributed by atoms with van der Waals surface area (Å²) in [6.45, 7) is 13.3. The summed E-state index contributed by atoms with van der Waals surface area (Å²) in [7, 11) is 0. The fourth-order valence-corrected chi connectivity index (χ4v) is 5.10. The minimum Gasteiger partial charge on any atom is -0.394 e. The van der Waals surface area contributed by atoms with Gasteiger partial charge in [0.25, 0.3) is 0 Å². The molecule has 1 fully saturated rings. The first-order valence-corrected chi connectivity index (χ1v) is 14.2. The summed E-state index contributed by atoms with van der Waals surface area (Å²) in [6.07, 6.45) is 15.2. The maximum atomic E-state index is 12.7. The van der Waals surface area contributed by atoms with Crippen LogP contribution in [0.2, 0.25) is 0 Å². The Balaban J connectivity index is 1.51. The Morgan fingerprint density at radius 2 is 1.80 bits per heavy atom. The third-order valence-electron chi connectivity index (χ3n) is 7.46. The van der Waals surface area contributed by atoms with Crippen molar-refractivity contribution >= 4 is 23.2 Å². The lowest BCUT2D eigenvalue weighted by Crippen LogP contribution is -2.45. The first kappa shape index (κ1) is 31.1. The zero-order valence-corrected chi connectivity index (χ0v) is 24.6. The van der Waals surface area contributed by atoms with Gasteiger partial charge in [-0.1, -0.05) is 55.4 Å². The molecule has 1 heterocycles. The fourth-order valence-electron chi connectivity index (χ4n) is 5.10. The molecule has 1 aromatic carbocycles. The second-order valence-corrected chi connectivity index (χ2v) is 11.3. The third-order valence-corrected chi connectivity index (χ3v) is 7.46. The average Bonchev–Trinajstić information content (AvgIpc) is 2.92. The molecule has 2 amide bonds. The van der Waals surface area contributed by atoms with E-state index in [0.717, 1.165) is 29.9 Å². The molecule has 40 heavy (non-hydrogen) atoms. The number of carbonyl (C=O) groups is 2. The quantitative estimate of drug-likeness (QED) is 0.267. The lowest BCUT2D eigenvalue weighted by molar-refractivity contribution is -0.124. The molecule has 0 bridgehead atoms. The van der Waals surface area contributed by atoms with Crippen molar-refractivity contribution in [2.24, 2.45) is 5.41 Å². The Kier molecular flexibility index (Phi) is 11.5. The van der Waals surface area contributed by atoms with E-state index in [0.29, 0.717) is 18.9 Å². The summed E-state index contributed by atoms with van der Waals surface area (Å²) >= 11 is 0. The van der Waals surface area contributed by atoms with Gasteiger partial charge in [0.2, 0.25) is 11.8 Å². The monoisotopic (exact) mass is 547 g/mol. The van der Waals surface area contributed by atoms with E-state index in [9.17, 15) is 14.7 Å². The molecule has 1 aliphatic carbocycles. The third kappa shape index (κ3) is 9.35. The highest BCUT2D eigenvalue weighted by molar-refractivity contribution is 5.99. The summed E-state index contributed by atoms with van der Waals surface area (Å²) in [4.78, 5) is 27.4. The number of aliphatic hydroxyl groups excluding tert-OH is 1. The largest absolute Gasteiger partial charge is 0.394 e. The summed E-state index contributed by atoms with van der Waals surface area (Å²) in [6, 6.07) is 6.44. The minimum absolute atomic E-state index is 0.207. The Morgan fingerprint density at radius 1 is 1.10 bits per heavy atom. The predicted molar refractivity (Wildman–Crippen MR) is 163 cm³/mol. The average molecular weight is 548 g/mol. The van der Waals surface area contributed by atoms with E-state index in [1.54, 1.807) is 0 Å². The van der Waals surface area contributed by atoms with Gasteiger partial charge in [-0.25, -0.2) is 0 Å². The molecule has 3 rings (SSSR count). The van der Waals surface area contributed by atoms with Crippen LogP contribution in [0, 0.1) is 5.41 Å². The van der Waals surface area contributed by atoms with Crippen LogP contribution in [0.1, 0.15) is 53.9 Å². The molecular formula is C33H45N3O4. The maximum Gasteiger partial charge on any atom is 0.249 e. The van der Waals surface area contributed by atoms with Crippen LogP contribution in [0.4, 0.5) is 11.4 Å². The first-order valence-electron chi connectivity index (χ1n) is 14.2. The van der Waals surface area contributed by atoms with Gasteiger partial charge in [0.05, 0.1) is 19.8 Å². The number of benzene rings is 1. The van der Waals surface area contributed by atoms with E-state index in [1.165, 1.54) is 36.5 Å². The zero-order chi connectivity index (χ0) is 29.1. The Hall–Kier alpha value is -3.42. The van der Waals surface area contributed by atoms with E-state index in [2.05, 4.69) is 55.4 Å². The minimum atomic E-state index is -1.06. The van der Waals surface area contributed by atoms with Crippen LogP contribution in [0.15, 0.2) is 83.0 Å². The smallest absolute Gasteiger partial charge is 0.249 e. The lowest BCUT2D eigenvalue weighted by atomic mass is 9.72. The SMILES string of the molecule is CC(C=CC1=C(C)CCCC1(C)C)=CC=CC(C)=CC(=O)NC(CO)C(=O)Nc1ccc(N2CCOCC2)cc1. The molecular weight excluding hydrogens is 502 g/mol. The van der Waals surface area contributed by atoms with Gasteiger partial charge in [0, 0.05) is 30.5 Å². The lowest BCUT2D eigenvalue weighted by Gasteiger charge is -2.32. The highest BCUT2D eigenvalue weighted by atomic mass is 16.5. The van der Waals surface area contributed by atoms with Gasteiger partial charge in [0.15, 0.2) is 0 Å². The summed E-state index contributed by atoms with van der Waals surface area (Å²) in [5.41, 5.74) is 6.60. The van der Waals surface area contributed by atoms with Crippen molar-refractivity contribution in [3.8, 4) is 0 Å². The molecule has 0 radical (unpaired) electrons. The molecule has 216 valence electrons. The number of anilines is 2. The first-order chi connectivity index (χ1) is 19.1. The molecule has 2 aliphatic rings. The number of nitrogens with zero attached hydrogens (tertiary/aromatic N) is 1. The highest BCUT2D eigenvalue weighted by Crippen LogP contribution is 2.40. The number of aliphatic hydroxyl groups is 1. The van der Waals surface area contributed by atoms with E-state index < -0.39 is 24.5 Å². The number of amides is 2. The topological polar surface area (TPSA) is 90.9 Å². The van der Waals surface area contributed by atoms with E-state index in [1.807, 2.05) is 49.4 Å². The van der Waals surface area contributed by atoms with Crippen molar-refractivity contribution < 1.29 is 19.4 Å². The molecule has 1 aliphatic heterocycles. The molecule has 0 saturated carbocycles. The number of ether oxygens (including phenoxy) is 1. The number of morpholine rings is 1. The second kappa shape index (κ2) is 14.8. The Labute approximate surface area is 239 Å². The van der Waals surface area contributed by atoms with Gasteiger partial charge in [-0.3, -0.25) is 9.59 Å². The van der Waals surface area contributed by atoms with E-state index >= 15 is 0 Å². The molecule has 1 saturated heterocycles. The molecule has 7 nitrogen and oxygen atoms in total. The van der Waals surface area contributed by atoms with Gasteiger partial charge < -0.3 is 25.4 Å². The van der Waals surface area contributed by atoms with Crippen molar-refractivity contribution in [2.45, 2.75) is 59.9 Å². The van der Waals surface area contributed by atoms with Gasteiger partial charge in [-0.05, 0) is 80.9 Å². The van der Waals surface area contributed by atoms with Gasteiger partial charge in [-0.15, -0.1) is 0 Å². The Bertz CT molecular complexity index is 1180. The standard InChI is InChI=1S/C33H45N3O4/c1-24(11-16-29-26(3)10-7-17-33(29,4)5)8-6-9-25(2)22-31(38)35-30(23-37)32(39)34-27-12-14-28(15-13-27)36-18-20-40-21-19-36/h6,8-9,11-16,22,30,37H,7,10,17-21,23H2,1-5H3,(H,34,39)(H,35,38). The maximum absolute atomic E-state index is 12.7. The van der Waals surface area contributed by atoms with Crippen molar-refractivity contribution in [1.82, 2.24) is 5.32 Å². The molecule has 7 heteroatoms. The van der Waals surface area contributed by atoms with Crippen LogP contribution in [0.25, 0.3) is 0 Å². The fraction of sp³-hybridized carbons (Fsp3) is 0.455. The normalized spacial score (nSPS) is 19.3. The van der Waals surface area contributed by atoms with Crippen LogP contribution in [0.3, 0.4) is 0 Å². The highest BCUT2D eigenvalue weighted by Gasteiger charge is 2.26. The predicted octanol–water partition coefficient (Wildman–Crippen LogP) is 5.47. The van der Waals surface area contributed by atoms with E-state index in [-0.39, 0.29) is 5.41 Å². The van der Waals surface area contributed by atoms with Gasteiger partial charge in [0.1, 0.15) is 6.04 Å². The molecule has 3 N–H and O–H groups in total. The number of carbonyl (C=O) groups excluding carboxylic acids is 2. The van der Waals surface area contributed by atoms with E-state index in [4.69, 9.17) is 4.74 Å². The van der Waals surface area contributed by atoms with Crippen molar-refractivity contribution in [2.75, 3.05) is 43.1 Å². The summed E-state index contributed by atoms with van der Waals surface area (Å²) in [5.74, 6) is -0.921. The summed E-state index contributed by atoms with van der Waals surface area (Å²) in [5, 5.41) is 15.1. The molecule has 0 aromatic heterocycles. The molecule has 1 aromatic rings. The number of hydrogen-bond donors (Lipinski definition) is 3.